The normalized spacial score (nSPS) is 21.6. The first-order valence-electron chi connectivity index (χ1n) is 7.23. The highest BCUT2D eigenvalue weighted by atomic mass is 16.5. The lowest BCUT2D eigenvalue weighted by atomic mass is 9.97. The van der Waals surface area contributed by atoms with Gasteiger partial charge >= 0.3 is 0 Å². The summed E-state index contributed by atoms with van der Waals surface area (Å²) in [4.78, 5) is 0. The van der Waals surface area contributed by atoms with Gasteiger partial charge in [-0.25, -0.2) is 0 Å². The highest BCUT2D eigenvalue weighted by Crippen LogP contribution is 2.29. The minimum absolute atomic E-state index is 0.575. The molecule has 2 rings (SSSR count). The minimum atomic E-state index is 0.575. The predicted molar refractivity (Wildman–Crippen MR) is 76.2 cm³/mol. The van der Waals surface area contributed by atoms with E-state index in [2.05, 4.69) is 43.4 Å². The van der Waals surface area contributed by atoms with Crippen LogP contribution in [0.1, 0.15) is 44.6 Å². The van der Waals surface area contributed by atoms with E-state index in [1.807, 2.05) is 0 Å². The molecule has 0 amide bonds. The van der Waals surface area contributed by atoms with Crippen molar-refractivity contribution >= 4 is 0 Å². The lowest BCUT2D eigenvalue weighted by molar-refractivity contribution is 0.216. The molecular weight excluding hydrogens is 222 g/mol. The molecule has 1 N–H and O–H groups in total. The fourth-order valence-electron chi connectivity index (χ4n) is 2.51. The SMILES string of the molecule is CC[C@@H](C)c1ccccc1OC[C@H]1CCCNC1. The summed E-state index contributed by atoms with van der Waals surface area (Å²) < 4.78 is 6.06. The first kappa shape index (κ1) is 13.4. The molecular formula is C16H25NO. The first-order valence-corrected chi connectivity index (χ1v) is 7.23. The Morgan fingerprint density at radius 3 is 2.94 bits per heavy atom. The predicted octanol–water partition coefficient (Wildman–Crippen LogP) is 3.58. The Hall–Kier alpha value is -1.02. The van der Waals surface area contributed by atoms with Crippen LogP contribution in [0.25, 0.3) is 0 Å². The van der Waals surface area contributed by atoms with Crippen LogP contribution in [0.5, 0.6) is 5.75 Å². The number of nitrogens with one attached hydrogen (secondary N) is 1. The van der Waals surface area contributed by atoms with Crippen LogP contribution in [-0.4, -0.2) is 19.7 Å². The number of ether oxygens (including phenoxy) is 1. The van der Waals surface area contributed by atoms with Crippen LogP contribution < -0.4 is 10.1 Å². The fraction of sp³-hybridized carbons (Fsp3) is 0.625. The molecule has 1 aliphatic heterocycles. The van der Waals surface area contributed by atoms with Crippen molar-refractivity contribution in [2.75, 3.05) is 19.7 Å². The first-order chi connectivity index (χ1) is 8.81. The van der Waals surface area contributed by atoms with E-state index in [9.17, 15) is 0 Å². The Morgan fingerprint density at radius 1 is 1.39 bits per heavy atom. The summed E-state index contributed by atoms with van der Waals surface area (Å²) >= 11 is 0. The fourth-order valence-corrected chi connectivity index (χ4v) is 2.51. The van der Waals surface area contributed by atoms with Gasteiger partial charge in [-0.05, 0) is 43.4 Å². The van der Waals surface area contributed by atoms with Gasteiger partial charge in [-0.1, -0.05) is 32.0 Å². The molecule has 18 heavy (non-hydrogen) atoms. The van der Waals surface area contributed by atoms with Gasteiger partial charge in [0.2, 0.25) is 0 Å². The van der Waals surface area contributed by atoms with E-state index in [4.69, 9.17) is 4.74 Å². The lowest BCUT2D eigenvalue weighted by Crippen LogP contribution is -2.33. The molecule has 0 unspecified atom stereocenters. The zero-order chi connectivity index (χ0) is 12.8. The second-order valence-electron chi connectivity index (χ2n) is 5.37. The third kappa shape index (κ3) is 3.49. The molecule has 1 saturated heterocycles. The van der Waals surface area contributed by atoms with Crippen molar-refractivity contribution in [2.45, 2.75) is 39.0 Å². The number of rotatable bonds is 5. The highest BCUT2D eigenvalue weighted by molar-refractivity contribution is 5.35. The van der Waals surface area contributed by atoms with Crippen LogP contribution in [-0.2, 0) is 0 Å². The summed E-state index contributed by atoms with van der Waals surface area (Å²) in [6.45, 7) is 7.61. The molecule has 0 radical (unpaired) electrons. The third-order valence-electron chi connectivity index (χ3n) is 3.94. The molecule has 0 aromatic heterocycles. The van der Waals surface area contributed by atoms with Crippen molar-refractivity contribution in [3.05, 3.63) is 29.8 Å². The molecule has 0 bridgehead atoms. The average molecular weight is 247 g/mol. The summed E-state index contributed by atoms with van der Waals surface area (Å²) in [6, 6.07) is 8.48. The summed E-state index contributed by atoms with van der Waals surface area (Å²) in [7, 11) is 0. The van der Waals surface area contributed by atoms with Gasteiger partial charge < -0.3 is 10.1 Å². The maximum absolute atomic E-state index is 6.06. The van der Waals surface area contributed by atoms with E-state index < -0.39 is 0 Å². The quantitative estimate of drug-likeness (QED) is 0.858. The molecule has 0 saturated carbocycles. The molecule has 1 heterocycles. The van der Waals surface area contributed by atoms with Crippen molar-refractivity contribution in [1.82, 2.24) is 5.32 Å². The van der Waals surface area contributed by atoms with Crippen LogP contribution in [0.2, 0.25) is 0 Å². The number of hydrogen-bond acceptors (Lipinski definition) is 2. The van der Waals surface area contributed by atoms with Crippen LogP contribution in [0.4, 0.5) is 0 Å². The second-order valence-corrected chi connectivity index (χ2v) is 5.37. The lowest BCUT2D eigenvalue weighted by Gasteiger charge is -2.24. The van der Waals surface area contributed by atoms with E-state index >= 15 is 0 Å². The Bertz CT molecular complexity index is 358. The van der Waals surface area contributed by atoms with Gasteiger partial charge in [-0.3, -0.25) is 0 Å². The van der Waals surface area contributed by atoms with E-state index in [1.54, 1.807) is 0 Å². The van der Waals surface area contributed by atoms with E-state index in [0.29, 0.717) is 11.8 Å². The van der Waals surface area contributed by atoms with Crippen molar-refractivity contribution < 1.29 is 4.74 Å². The van der Waals surface area contributed by atoms with Gasteiger partial charge in [0.15, 0.2) is 0 Å². The zero-order valence-corrected chi connectivity index (χ0v) is 11.6. The van der Waals surface area contributed by atoms with Crippen LogP contribution in [0, 0.1) is 5.92 Å². The van der Waals surface area contributed by atoms with Crippen LogP contribution >= 0.6 is 0 Å². The number of para-hydroxylation sites is 1. The molecule has 1 aromatic carbocycles. The molecule has 2 heteroatoms. The summed E-state index contributed by atoms with van der Waals surface area (Å²) in [5, 5.41) is 3.44. The molecule has 1 fully saturated rings. The molecule has 1 aliphatic rings. The summed E-state index contributed by atoms with van der Waals surface area (Å²) in [5.41, 5.74) is 1.35. The average Bonchev–Trinajstić information content (AvgIpc) is 2.45. The van der Waals surface area contributed by atoms with Crippen molar-refractivity contribution in [3.63, 3.8) is 0 Å². The molecule has 2 atom stereocenters. The van der Waals surface area contributed by atoms with Gasteiger partial charge in [0.25, 0.3) is 0 Å². The number of piperidine rings is 1. The Labute approximate surface area is 111 Å². The molecule has 2 nitrogen and oxygen atoms in total. The summed E-state index contributed by atoms with van der Waals surface area (Å²) in [6.07, 6.45) is 3.73. The zero-order valence-electron chi connectivity index (χ0n) is 11.6. The summed E-state index contributed by atoms with van der Waals surface area (Å²) in [5.74, 6) is 2.33. The van der Waals surface area contributed by atoms with Crippen LogP contribution in [0.15, 0.2) is 24.3 Å². The Morgan fingerprint density at radius 2 is 2.22 bits per heavy atom. The topological polar surface area (TPSA) is 21.3 Å². The molecule has 0 aliphatic carbocycles. The van der Waals surface area contributed by atoms with Gasteiger partial charge in [-0.15, -0.1) is 0 Å². The number of hydrogen-bond donors (Lipinski definition) is 1. The molecule has 100 valence electrons. The maximum Gasteiger partial charge on any atom is 0.122 e. The van der Waals surface area contributed by atoms with E-state index in [1.165, 1.54) is 24.9 Å². The van der Waals surface area contributed by atoms with Crippen molar-refractivity contribution in [3.8, 4) is 5.75 Å². The van der Waals surface area contributed by atoms with Crippen molar-refractivity contribution in [1.29, 1.82) is 0 Å². The Kier molecular flexibility index (Phi) is 5.06. The maximum atomic E-state index is 6.06. The number of benzene rings is 1. The van der Waals surface area contributed by atoms with Crippen LogP contribution in [0.3, 0.4) is 0 Å². The molecule has 0 spiro atoms. The highest BCUT2D eigenvalue weighted by Gasteiger charge is 2.15. The molecule has 1 aromatic rings. The van der Waals surface area contributed by atoms with Gasteiger partial charge in [-0.2, -0.15) is 0 Å². The Balaban J connectivity index is 1.95. The van der Waals surface area contributed by atoms with Gasteiger partial charge in [0, 0.05) is 12.5 Å². The van der Waals surface area contributed by atoms with E-state index in [0.717, 1.165) is 25.3 Å². The standard InChI is InChI=1S/C16H25NO/c1-3-13(2)15-8-4-5-9-16(15)18-12-14-7-6-10-17-11-14/h4-5,8-9,13-14,17H,3,6-7,10-12H2,1-2H3/t13-,14+/m1/s1. The monoisotopic (exact) mass is 247 g/mol. The smallest absolute Gasteiger partial charge is 0.122 e. The largest absolute Gasteiger partial charge is 0.493 e. The van der Waals surface area contributed by atoms with E-state index in [-0.39, 0.29) is 0 Å². The second kappa shape index (κ2) is 6.79. The van der Waals surface area contributed by atoms with Gasteiger partial charge in [0.05, 0.1) is 6.61 Å². The third-order valence-corrected chi connectivity index (χ3v) is 3.94. The van der Waals surface area contributed by atoms with Gasteiger partial charge in [0.1, 0.15) is 5.75 Å². The van der Waals surface area contributed by atoms with Crippen molar-refractivity contribution in [2.24, 2.45) is 5.92 Å². The minimum Gasteiger partial charge on any atom is -0.493 e.